The van der Waals surface area contributed by atoms with Crippen molar-refractivity contribution in [2.24, 2.45) is 0 Å². The molecule has 0 aliphatic rings. The van der Waals surface area contributed by atoms with Crippen molar-refractivity contribution >= 4 is 32.7 Å². The van der Waals surface area contributed by atoms with E-state index in [4.69, 9.17) is 4.74 Å². The Morgan fingerprint density at radius 3 is 2.81 bits per heavy atom. The van der Waals surface area contributed by atoms with Crippen molar-refractivity contribution in [2.45, 2.75) is 6.92 Å². The average Bonchev–Trinajstić information content (AvgIpc) is 2.97. The zero-order valence-corrected chi connectivity index (χ0v) is 12.8. The Hall–Kier alpha value is -2.21. The Labute approximate surface area is 129 Å². The van der Waals surface area contributed by atoms with Gasteiger partial charge in [-0.25, -0.2) is 9.78 Å². The molecular weight excluding hydrogens is 334 g/mol. The van der Waals surface area contributed by atoms with Crippen LogP contribution in [0.5, 0.6) is 0 Å². The number of hydrogen-bond donors (Lipinski definition) is 1. The van der Waals surface area contributed by atoms with Crippen LogP contribution in [0.2, 0.25) is 0 Å². The van der Waals surface area contributed by atoms with Crippen LogP contribution < -0.4 is 0 Å². The fraction of sp³-hybridized carbons (Fsp3) is 0.133. The second-order valence-electron chi connectivity index (χ2n) is 4.43. The van der Waals surface area contributed by atoms with Crippen LogP contribution in [0.4, 0.5) is 0 Å². The van der Waals surface area contributed by atoms with Crippen LogP contribution in [0.15, 0.2) is 40.9 Å². The Morgan fingerprint density at radius 1 is 1.24 bits per heavy atom. The summed E-state index contributed by atoms with van der Waals surface area (Å²) in [6, 6.07) is 11.9. The highest BCUT2D eigenvalue weighted by atomic mass is 79.9. The Bertz CT molecular complexity index is 814. The van der Waals surface area contributed by atoms with E-state index in [0.717, 1.165) is 20.8 Å². The summed E-state index contributed by atoms with van der Waals surface area (Å²) in [7, 11) is 0. The molecule has 0 aliphatic heterocycles. The van der Waals surface area contributed by atoms with Gasteiger partial charge in [-0.1, -0.05) is 34.1 Å². The van der Waals surface area contributed by atoms with Crippen molar-refractivity contribution in [1.29, 1.82) is 0 Å². The molecule has 0 saturated heterocycles. The average molecular weight is 346 g/mol. The molecular formula is C15H12BrN3O2. The molecule has 1 N–H and O–H groups in total. The minimum absolute atomic E-state index is 0.114. The zero-order chi connectivity index (χ0) is 14.8. The van der Waals surface area contributed by atoms with Crippen molar-refractivity contribution in [3.63, 3.8) is 0 Å². The lowest BCUT2D eigenvalue weighted by atomic mass is 10.1. The minimum Gasteiger partial charge on any atom is -0.460 e. The van der Waals surface area contributed by atoms with E-state index in [1.165, 1.54) is 0 Å². The first kappa shape index (κ1) is 13.8. The molecule has 106 valence electrons. The molecule has 5 nitrogen and oxygen atoms in total. The predicted octanol–water partition coefficient (Wildman–Crippen LogP) is 3.56. The van der Waals surface area contributed by atoms with Crippen molar-refractivity contribution in [3.8, 4) is 11.4 Å². The predicted molar refractivity (Wildman–Crippen MR) is 83.0 cm³/mol. The summed E-state index contributed by atoms with van der Waals surface area (Å²) in [5, 5.41) is 8.87. The molecule has 2 aromatic carbocycles. The standard InChI is InChI=1S/C15H12BrN3O2/c1-2-21-15(20)14-17-13(18-19-14)11-4-3-10-8-12(16)6-5-9(10)7-11/h3-8H,2H2,1H3,(H,17,18,19). The molecule has 6 heteroatoms. The summed E-state index contributed by atoms with van der Waals surface area (Å²) >= 11 is 3.45. The number of rotatable bonds is 3. The maximum atomic E-state index is 11.6. The molecule has 1 heterocycles. The zero-order valence-electron chi connectivity index (χ0n) is 11.3. The lowest BCUT2D eigenvalue weighted by Gasteiger charge is -2.01. The summed E-state index contributed by atoms with van der Waals surface area (Å²) in [6.07, 6.45) is 0. The van der Waals surface area contributed by atoms with Crippen LogP contribution in [0.25, 0.3) is 22.2 Å². The maximum absolute atomic E-state index is 11.6. The van der Waals surface area contributed by atoms with Gasteiger partial charge in [0.05, 0.1) is 6.61 Å². The molecule has 0 atom stereocenters. The van der Waals surface area contributed by atoms with Crippen LogP contribution in [0.1, 0.15) is 17.5 Å². The van der Waals surface area contributed by atoms with E-state index >= 15 is 0 Å². The largest absolute Gasteiger partial charge is 0.460 e. The highest BCUT2D eigenvalue weighted by Crippen LogP contribution is 2.24. The number of H-pyrrole nitrogens is 1. The van der Waals surface area contributed by atoms with E-state index in [2.05, 4.69) is 31.1 Å². The molecule has 21 heavy (non-hydrogen) atoms. The van der Waals surface area contributed by atoms with Crippen LogP contribution in [0.3, 0.4) is 0 Å². The fourth-order valence-electron chi connectivity index (χ4n) is 2.04. The summed E-state index contributed by atoms with van der Waals surface area (Å²) in [4.78, 5) is 15.8. The van der Waals surface area contributed by atoms with Gasteiger partial charge in [-0.2, -0.15) is 5.10 Å². The number of carbonyl (C=O) groups excluding carboxylic acids is 1. The monoisotopic (exact) mass is 345 g/mol. The maximum Gasteiger partial charge on any atom is 0.375 e. The smallest absolute Gasteiger partial charge is 0.375 e. The van der Waals surface area contributed by atoms with Gasteiger partial charge in [-0.15, -0.1) is 0 Å². The topological polar surface area (TPSA) is 67.9 Å². The number of nitrogens with zero attached hydrogens (tertiary/aromatic N) is 2. The Morgan fingerprint density at radius 2 is 2.00 bits per heavy atom. The third-order valence-electron chi connectivity index (χ3n) is 3.01. The summed E-state index contributed by atoms with van der Waals surface area (Å²) in [5.41, 5.74) is 0.844. The van der Waals surface area contributed by atoms with Gasteiger partial charge in [0.1, 0.15) is 0 Å². The Balaban J connectivity index is 1.97. The second-order valence-corrected chi connectivity index (χ2v) is 5.35. The molecule has 3 rings (SSSR count). The van der Waals surface area contributed by atoms with E-state index in [1.807, 2.05) is 36.4 Å². The number of benzene rings is 2. The van der Waals surface area contributed by atoms with Gasteiger partial charge in [0, 0.05) is 10.0 Å². The number of nitrogens with one attached hydrogen (secondary N) is 1. The van der Waals surface area contributed by atoms with Crippen LogP contribution in [-0.2, 0) is 4.74 Å². The van der Waals surface area contributed by atoms with Crippen LogP contribution >= 0.6 is 15.9 Å². The molecule has 0 aliphatic carbocycles. The number of aromatic amines is 1. The number of ether oxygens (including phenoxy) is 1. The third kappa shape index (κ3) is 2.80. The van der Waals surface area contributed by atoms with Crippen molar-refractivity contribution in [2.75, 3.05) is 6.61 Å². The van der Waals surface area contributed by atoms with E-state index in [0.29, 0.717) is 12.4 Å². The molecule has 0 bridgehead atoms. The van der Waals surface area contributed by atoms with Gasteiger partial charge in [-0.05, 0) is 35.9 Å². The van der Waals surface area contributed by atoms with Gasteiger partial charge in [0.2, 0.25) is 5.82 Å². The minimum atomic E-state index is -0.499. The Kier molecular flexibility index (Phi) is 3.70. The number of halogens is 1. The van der Waals surface area contributed by atoms with Gasteiger partial charge in [0.25, 0.3) is 0 Å². The molecule has 0 unspecified atom stereocenters. The van der Waals surface area contributed by atoms with Crippen molar-refractivity contribution < 1.29 is 9.53 Å². The number of carbonyl (C=O) groups is 1. The summed E-state index contributed by atoms with van der Waals surface area (Å²) in [6.45, 7) is 2.05. The van der Waals surface area contributed by atoms with Gasteiger partial charge < -0.3 is 4.74 Å². The van der Waals surface area contributed by atoms with Crippen molar-refractivity contribution in [1.82, 2.24) is 15.2 Å². The molecule has 0 fully saturated rings. The highest BCUT2D eigenvalue weighted by molar-refractivity contribution is 9.10. The highest BCUT2D eigenvalue weighted by Gasteiger charge is 2.13. The number of hydrogen-bond acceptors (Lipinski definition) is 4. The second kappa shape index (κ2) is 5.65. The fourth-order valence-corrected chi connectivity index (χ4v) is 2.42. The van der Waals surface area contributed by atoms with E-state index < -0.39 is 5.97 Å². The molecule has 3 aromatic rings. The van der Waals surface area contributed by atoms with Crippen molar-refractivity contribution in [3.05, 3.63) is 46.7 Å². The van der Waals surface area contributed by atoms with E-state index in [1.54, 1.807) is 6.92 Å². The van der Waals surface area contributed by atoms with Gasteiger partial charge in [0.15, 0.2) is 5.82 Å². The molecule has 0 radical (unpaired) electrons. The SMILES string of the molecule is CCOC(=O)c1nc(-c2ccc3cc(Br)ccc3c2)n[nH]1. The number of fused-ring (bicyclic) bond motifs is 1. The van der Waals surface area contributed by atoms with Crippen LogP contribution in [-0.4, -0.2) is 27.8 Å². The number of aromatic nitrogens is 3. The summed E-state index contributed by atoms with van der Waals surface area (Å²) in [5.74, 6) is 0.0894. The normalized spacial score (nSPS) is 10.8. The van der Waals surface area contributed by atoms with Gasteiger partial charge in [-0.3, -0.25) is 5.10 Å². The van der Waals surface area contributed by atoms with Crippen LogP contribution in [0, 0.1) is 0 Å². The molecule has 0 spiro atoms. The molecule has 0 amide bonds. The lowest BCUT2D eigenvalue weighted by molar-refractivity contribution is 0.0512. The quantitative estimate of drug-likeness (QED) is 0.737. The van der Waals surface area contributed by atoms with E-state index in [-0.39, 0.29) is 5.82 Å². The molecule has 1 aromatic heterocycles. The van der Waals surface area contributed by atoms with E-state index in [9.17, 15) is 4.79 Å². The first-order valence-corrected chi connectivity index (χ1v) is 7.26. The third-order valence-corrected chi connectivity index (χ3v) is 3.51. The first-order chi connectivity index (χ1) is 10.2. The first-order valence-electron chi connectivity index (χ1n) is 6.46. The summed E-state index contributed by atoms with van der Waals surface area (Å²) < 4.78 is 5.92. The number of esters is 1. The lowest BCUT2D eigenvalue weighted by Crippen LogP contribution is -2.06. The molecule has 0 saturated carbocycles. The van der Waals surface area contributed by atoms with Gasteiger partial charge >= 0.3 is 5.97 Å².